The van der Waals surface area contributed by atoms with Crippen molar-refractivity contribution in [2.45, 2.75) is 88.6 Å². The van der Waals surface area contributed by atoms with Gasteiger partial charge in [-0.1, -0.05) is 128 Å². The normalized spacial score (nSPS) is 29.3. The van der Waals surface area contributed by atoms with Gasteiger partial charge in [0.25, 0.3) is 0 Å². The number of allylic oxidation sites excluding steroid dienone is 12. The molecular formula is C50H52N2. The molecule has 1 heterocycles. The third kappa shape index (κ3) is 6.11. The second-order valence-corrected chi connectivity index (χ2v) is 16.1. The van der Waals surface area contributed by atoms with E-state index in [2.05, 4.69) is 175 Å². The zero-order valence-corrected chi connectivity index (χ0v) is 30.9. The lowest BCUT2D eigenvalue weighted by Crippen LogP contribution is -2.47. The maximum atomic E-state index is 2.78. The molecule has 0 aromatic heterocycles. The quantitative estimate of drug-likeness (QED) is 0.229. The number of likely N-dealkylation sites (tertiary alicyclic amines) is 1. The van der Waals surface area contributed by atoms with Gasteiger partial charge in [-0.2, -0.15) is 0 Å². The molecule has 1 saturated heterocycles. The summed E-state index contributed by atoms with van der Waals surface area (Å²) in [6.45, 7) is 4.98. The van der Waals surface area contributed by atoms with E-state index in [0.29, 0.717) is 29.7 Å². The lowest BCUT2D eigenvalue weighted by molar-refractivity contribution is 0.303. The predicted molar refractivity (Wildman–Crippen MR) is 219 cm³/mol. The van der Waals surface area contributed by atoms with E-state index in [0.717, 1.165) is 38.5 Å². The third-order valence-electron chi connectivity index (χ3n) is 12.7. The maximum Gasteiger partial charge on any atom is 0.0625 e. The van der Waals surface area contributed by atoms with E-state index in [9.17, 15) is 0 Å². The number of hydrogen-bond acceptors (Lipinski definition) is 2. The first-order chi connectivity index (χ1) is 25.6. The molecule has 6 atom stereocenters. The number of anilines is 1. The largest absolute Gasteiger partial charge is 0.338 e. The average molecular weight is 681 g/mol. The molecular weight excluding hydrogens is 629 g/mol. The summed E-state index contributed by atoms with van der Waals surface area (Å²) in [4.78, 5) is 5.42. The van der Waals surface area contributed by atoms with Crippen LogP contribution in [0.1, 0.15) is 93.7 Å². The molecule has 0 bridgehead atoms. The van der Waals surface area contributed by atoms with Gasteiger partial charge >= 0.3 is 0 Å². The SMILES string of the molecule is CC1CC2C(=CC1c1ccc(C3C=CC(c4ccccc4)=CC3)cc1)C1CCC(C)(N(C3=CCCC=C3)c3ccccc3)C=C1N2C1=CCCC=C1. The van der Waals surface area contributed by atoms with Gasteiger partial charge in [0.15, 0.2) is 0 Å². The first-order valence-electron chi connectivity index (χ1n) is 19.9. The van der Waals surface area contributed by atoms with Crippen LogP contribution in [0.15, 0.2) is 174 Å². The van der Waals surface area contributed by atoms with Crippen LogP contribution < -0.4 is 4.90 Å². The maximum absolute atomic E-state index is 2.78. The molecule has 0 N–H and O–H groups in total. The van der Waals surface area contributed by atoms with Crippen LogP contribution in [-0.2, 0) is 0 Å². The Kier molecular flexibility index (Phi) is 8.87. The van der Waals surface area contributed by atoms with Gasteiger partial charge in [0, 0.05) is 40.5 Å². The highest BCUT2D eigenvalue weighted by Crippen LogP contribution is 2.55. The Morgan fingerprint density at radius 2 is 1.48 bits per heavy atom. The van der Waals surface area contributed by atoms with Crippen molar-refractivity contribution < 1.29 is 0 Å². The summed E-state index contributed by atoms with van der Waals surface area (Å²) in [7, 11) is 0. The molecule has 6 unspecified atom stereocenters. The van der Waals surface area contributed by atoms with Gasteiger partial charge < -0.3 is 9.80 Å². The fourth-order valence-electron chi connectivity index (χ4n) is 10.0. The van der Waals surface area contributed by atoms with Crippen LogP contribution in [0.5, 0.6) is 0 Å². The van der Waals surface area contributed by atoms with E-state index in [4.69, 9.17) is 0 Å². The van der Waals surface area contributed by atoms with E-state index >= 15 is 0 Å². The van der Waals surface area contributed by atoms with E-state index in [-0.39, 0.29) is 5.54 Å². The highest BCUT2D eigenvalue weighted by Gasteiger charge is 2.50. The molecule has 0 saturated carbocycles. The van der Waals surface area contributed by atoms with Crippen molar-refractivity contribution >= 4 is 11.3 Å². The Morgan fingerprint density at radius 3 is 2.17 bits per heavy atom. The number of hydrogen-bond donors (Lipinski definition) is 0. The Morgan fingerprint density at radius 1 is 0.750 bits per heavy atom. The minimum absolute atomic E-state index is 0.128. The van der Waals surface area contributed by atoms with Crippen molar-refractivity contribution in [3.05, 3.63) is 191 Å². The predicted octanol–water partition coefficient (Wildman–Crippen LogP) is 12.6. The summed E-state index contributed by atoms with van der Waals surface area (Å²) in [6.07, 6.45) is 36.0. The molecule has 1 fully saturated rings. The van der Waals surface area contributed by atoms with Gasteiger partial charge in [-0.25, -0.2) is 0 Å². The minimum Gasteiger partial charge on any atom is -0.338 e. The second-order valence-electron chi connectivity index (χ2n) is 16.1. The number of para-hydroxylation sites is 1. The average Bonchev–Trinajstić information content (AvgIpc) is 3.50. The van der Waals surface area contributed by atoms with Gasteiger partial charge in [0.05, 0.1) is 11.6 Å². The molecule has 0 amide bonds. The Bertz CT molecular complexity index is 2040. The van der Waals surface area contributed by atoms with E-state index in [1.165, 1.54) is 57.9 Å². The smallest absolute Gasteiger partial charge is 0.0625 e. The van der Waals surface area contributed by atoms with Crippen molar-refractivity contribution in [3.8, 4) is 0 Å². The van der Waals surface area contributed by atoms with E-state index in [1.807, 2.05) is 0 Å². The topological polar surface area (TPSA) is 6.48 Å². The molecule has 0 spiro atoms. The van der Waals surface area contributed by atoms with Gasteiger partial charge in [0.2, 0.25) is 0 Å². The summed E-state index contributed by atoms with van der Waals surface area (Å²) >= 11 is 0. The number of rotatable bonds is 7. The van der Waals surface area contributed by atoms with Gasteiger partial charge in [0.1, 0.15) is 0 Å². The molecule has 1 aliphatic heterocycles. The molecule has 2 nitrogen and oxygen atoms in total. The lowest BCUT2D eigenvalue weighted by atomic mass is 9.71. The summed E-state index contributed by atoms with van der Waals surface area (Å²) in [5, 5.41) is 0. The zero-order chi connectivity index (χ0) is 35.1. The van der Waals surface area contributed by atoms with E-state index in [1.54, 1.807) is 5.57 Å². The first kappa shape index (κ1) is 33.0. The second kappa shape index (κ2) is 14.0. The van der Waals surface area contributed by atoms with Crippen LogP contribution in [0.4, 0.5) is 5.69 Å². The molecule has 9 rings (SSSR count). The molecule has 6 aliphatic rings. The van der Waals surface area contributed by atoms with Gasteiger partial charge in [-0.05, 0) is 122 Å². The summed E-state index contributed by atoms with van der Waals surface area (Å²) in [5.41, 5.74) is 12.6. The molecule has 3 aromatic rings. The van der Waals surface area contributed by atoms with Gasteiger partial charge in [-0.15, -0.1) is 0 Å². The molecule has 2 heteroatoms. The molecule has 5 aliphatic carbocycles. The van der Waals surface area contributed by atoms with Crippen molar-refractivity contribution in [2.75, 3.05) is 4.90 Å². The van der Waals surface area contributed by atoms with Crippen LogP contribution in [0.3, 0.4) is 0 Å². The van der Waals surface area contributed by atoms with Crippen molar-refractivity contribution in [1.82, 2.24) is 4.90 Å². The first-order valence-corrected chi connectivity index (χ1v) is 19.9. The van der Waals surface area contributed by atoms with E-state index < -0.39 is 0 Å². The molecule has 262 valence electrons. The highest BCUT2D eigenvalue weighted by atomic mass is 15.2. The van der Waals surface area contributed by atoms with Crippen molar-refractivity contribution in [2.24, 2.45) is 11.8 Å². The van der Waals surface area contributed by atoms with Crippen LogP contribution in [0.2, 0.25) is 0 Å². The summed E-state index contributed by atoms with van der Waals surface area (Å²) in [5.74, 6) is 1.91. The fraction of sp³-hybridized carbons (Fsp3) is 0.320. The van der Waals surface area contributed by atoms with Crippen LogP contribution in [-0.4, -0.2) is 16.5 Å². The van der Waals surface area contributed by atoms with Crippen LogP contribution in [0.25, 0.3) is 5.57 Å². The molecule has 0 radical (unpaired) electrons. The van der Waals surface area contributed by atoms with Gasteiger partial charge in [-0.3, -0.25) is 0 Å². The Labute approximate surface area is 311 Å². The van der Waals surface area contributed by atoms with Crippen LogP contribution in [0, 0.1) is 11.8 Å². The third-order valence-corrected chi connectivity index (χ3v) is 12.7. The van der Waals surface area contributed by atoms with Crippen molar-refractivity contribution in [3.63, 3.8) is 0 Å². The number of benzene rings is 3. The minimum atomic E-state index is -0.128. The highest BCUT2D eigenvalue weighted by molar-refractivity contribution is 5.75. The lowest BCUT2D eigenvalue weighted by Gasteiger charge is -2.46. The number of fused-ring (bicyclic) bond motifs is 3. The summed E-state index contributed by atoms with van der Waals surface area (Å²) in [6, 6.07) is 32.0. The zero-order valence-electron chi connectivity index (χ0n) is 30.9. The molecule has 3 aromatic carbocycles. The molecule has 52 heavy (non-hydrogen) atoms. The van der Waals surface area contributed by atoms with Crippen LogP contribution >= 0.6 is 0 Å². The summed E-state index contributed by atoms with van der Waals surface area (Å²) < 4.78 is 0. The monoisotopic (exact) mass is 680 g/mol. The number of nitrogens with zero attached hydrogens (tertiary/aromatic N) is 2. The Balaban J connectivity index is 1.03. The standard InChI is InChI=1S/C50H52N2/c1-36-33-48-47(34-46(36)41-29-27-40(28-30-41)39-25-23-38(24-26-39)37-15-7-3-8-16-37)45-31-32-50(2,35-49(45)51(48)42-17-9-4-10-18-42)52(43-19-11-5-12-20-43)44-21-13-6-14-22-44/h3,5,7-9,11-13,15-25,27-30,34-36,39,45-46,48H,4,6,10,14,26,31-33H2,1-2H3. The fourth-order valence-corrected chi connectivity index (χ4v) is 10.0. The Hall–Kier alpha value is -4.82. The van der Waals surface area contributed by atoms with Crippen molar-refractivity contribution in [1.29, 1.82) is 0 Å².